The highest BCUT2D eigenvalue weighted by atomic mass is 14.7. The Kier molecular flexibility index (Phi) is 4.05. The van der Waals surface area contributed by atoms with Crippen molar-refractivity contribution in [3.05, 3.63) is 48.0 Å². The highest BCUT2D eigenvalue weighted by Gasteiger charge is 2.05. The van der Waals surface area contributed by atoms with Crippen molar-refractivity contribution in [2.24, 2.45) is 0 Å². The van der Waals surface area contributed by atoms with Gasteiger partial charge in [0, 0.05) is 16.5 Å². The lowest BCUT2D eigenvalue weighted by Gasteiger charge is -2.08. The van der Waals surface area contributed by atoms with Gasteiger partial charge in [-0.25, -0.2) is 4.98 Å². The summed E-state index contributed by atoms with van der Waals surface area (Å²) in [7, 11) is 0. The van der Waals surface area contributed by atoms with Crippen LogP contribution in [0, 0.1) is 0 Å². The predicted octanol–water partition coefficient (Wildman–Crippen LogP) is 5.09. The highest BCUT2D eigenvalue weighted by Crippen LogP contribution is 2.24. The van der Waals surface area contributed by atoms with Crippen molar-refractivity contribution in [1.82, 2.24) is 4.98 Å². The number of hydrogen-bond donors (Lipinski definition) is 1. The zero-order chi connectivity index (χ0) is 14.7. The number of nitrogen functional groups attached to an aromatic ring is 1. The number of aryl methyl sites for hydroxylation is 1. The topological polar surface area (TPSA) is 38.9 Å². The number of aromatic nitrogens is 1. The molecule has 108 valence electrons. The number of para-hydroxylation sites is 1. The van der Waals surface area contributed by atoms with Crippen LogP contribution in [0.5, 0.6) is 0 Å². The Balaban J connectivity index is 2.00. The molecule has 0 bridgehead atoms. The number of pyridine rings is 1. The lowest BCUT2D eigenvalue weighted by molar-refractivity contribution is 0.668. The van der Waals surface area contributed by atoms with Crippen LogP contribution >= 0.6 is 0 Å². The Hall–Kier alpha value is -2.09. The second-order valence-electron chi connectivity index (χ2n) is 5.74. The molecule has 2 N–H and O–H groups in total. The molecule has 21 heavy (non-hydrogen) atoms. The van der Waals surface area contributed by atoms with Crippen LogP contribution in [-0.2, 0) is 6.42 Å². The van der Waals surface area contributed by atoms with Gasteiger partial charge in [-0.15, -0.1) is 0 Å². The van der Waals surface area contributed by atoms with Gasteiger partial charge < -0.3 is 5.73 Å². The van der Waals surface area contributed by atoms with E-state index in [0.29, 0.717) is 0 Å². The molecule has 1 heterocycles. The van der Waals surface area contributed by atoms with Gasteiger partial charge in [0.2, 0.25) is 0 Å². The summed E-state index contributed by atoms with van der Waals surface area (Å²) >= 11 is 0. The fourth-order valence-electron chi connectivity index (χ4n) is 2.88. The van der Waals surface area contributed by atoms with Crippen molar-refractivity contribution < 1.29 is 0 Å². The average molecular weight is 278 g/mol. The second-order valence-corrected chi connectivity index (χ2v) is 5.74. The van der Waals surface area contributed by atoms with Crippen LogP contribution in [0.2, 0.25) is 0 Å². The first kappa shape index (κ1) is 13.9. The van der Waals surface area contributed by atoms with Gasteiger partial charge in [0.05, 0.1) is 11.0 Å². The monoisotopic (exact) mass is 278 g/mol. The maximum absolute atomic E-state index is 5.88. The van der Waals surface area contributed by atoms with E-state index >= 15 is 0 Å². The molecule has 2 aromatic carbocycles. The number of hydrogen-bond acceptors (Lipinski definition) is 2. The Labute approximate surface area is 126 Å². The Morgan fingerprint density at radius 2 is 1.86 bits per heavy atom. The lowest BCUT2D eigenvalue weighted by atomic mass is 10.0. The summed E-state index contributed by atoms with van der Waals surface area (Å²) in [6.07, 6.45) is 6.24. The minimum atomic E-state index is 0.773. The van der Waals surface area contributed by atoms with Gasteiger partial charge in [0.25, 0.3) is 0 Å². The number of fused-ring (bicyclic) bond motifs is 2. The Morgan fingerprint density at radius 1 is 0.952 bits per heavy atom. The first-order valence-corrected chi connectivity index (χ1v) is 7.86. The minimum absolute atomic E-state index is 0.773. The summed E-state index contributed by atoms with van der Waals surface area (Å²) < 4.78 is 0. The summed E-state index contributed by atoms with van der Waals surface area (Å²) in [4.78, 5) is 4.86. The van der Waals surface area contributed by atoms with Gasteiger partial charge >= 0.3 is 0 Å². The molecule has 0 aliphatic rings. The fraction of sp³-hybridized carbons (Fsp3) is 0.316. The molecule has 0 fully saturated rings. The van der Waals surface area contributed by atoms with Gasteiger partial charge in [-0.1, -0.05) is 50.5 Å². The van der Waals surface area contributed by atoms with Crippen molar-refractivity contribution in [2.45, 2.75) is 39.0 Å². The molecule has 0 spiro atoms. The molecule has 0 aliphatic carbocycles. The van der Waals surface area contributed by atoms with Gasteiger partial charge in [0.15, 0.2) is 0 Å². The van der Waals surface area contributed by atoms with Crippen LogP contribution in [-0.4, -0.2) is 4.98 Å². The zero-order valence-electron chi connectivity index (χ0n) is 12.6. The average Bonchev–Trinajstić information content (AvgIpc) is 2.50. The molecule has 0 saturated carbocycles. The minimum Gasteiger partial charge on any atom is -0.399 e. The largest absolute Gasteiger partial charge is 0.399 e. The van der Waals surface area contributed by atoms with Crippen molar-refractivity contribution in [2.75, 3.05) is 5.73 Å². The van der Waals surface area contributed by atoms with E-state index in [2.05, 4.69) is 31.2 Å². The van der Waals surface area contributed by atoms with Gasteiger partial charge in [-0.3, -0.25) is 0 Å². The van der Waals surface area contributed by atoms with Crippen molar-refractivity contribution in [1.29, 1.82) is 0 Å². The van der Waals surface area contributed by atoms with Crippen molar-refractivity contribution in [3.63, 3.8) is 0 Å². The molecular formula is C19H22N2. The molecule has 0 amide bonds. The number of nitrogens with zero attached hydrogens (tertiary/aromatic N) is 1. The van der Waals surface area contributed by atoms with E-state index < -0.39 is 0 Å². The van der Waals surface area contributed by atoms with E-state index in [9.17, 15) is 0 Å². The normalized spacial score (nSPS) is 11.3. The summed E-state index contributed by atoms with van der Waals surface area (Å²) in [5.41, 5.74) is 10.1. The molecule has 3 rings (SSSR count). The molecule has 2 heteroatoms. The summed E-state index contributed by atoms with van der Waals surface area (Å²) in [5.74, 6) is 0. The SMILES string of the molecule is CCCCCCc1cccc2cc3ccc(N)cc3nc12. The molecule has 0 atom stereocenters. The standard InChI is InChI=1S/C19H22N2/c1-2-3-4-5-7-14-8-6-9-16-12-15-10-11-17(20)13-18(15)21-19(14)16/h6,8-13H,2-5,7,20H2,1H3. The highest BCUT2D eigenvalue weighted by molar-refractivity contribution is 5.95. The van der Waals surface area contributed by atoms with E-state index in [1.807, 2.05) is 18.2 Å². The fourth-order valence-corrected chi connectivity index (χ4v) is 2.88. The van der Waals surface area contributed by atoms with Crippen LogP contribution in [0.15, 0.2) is 42.5 Å². The first-order valence-electron chi connectivity index (χ1n) is 7.86. The van der Waals surface area contributed by atoms with Crippen LogP contribution in [0.1, 0.15) is 38.2 Å². The third kappa shape index (κ3) is 2.99. The molecule has 0 saturated heterocycles. The Morgan fingerprint density at radius 3 is 2.71 bits per heavy atom. The number of benzene rings is 2. The molecule has 0 unspecified atom stereocenters. The lowest BCUT2D eigenvalue weighted by Crippen LogP contribution is -1.92. The number of rotatable bonds is 5. The number of anilines is 1. The smallest absolute Gasteiger partial charge is 0.0741 e. The zero-order valence-corrected chi connectivity index (χ0v) is 12.6. The van der Waals surface area contributed by atoms with Gasteiger partial charge in [0.1, 0.15) is 0 Å². The van der Waals surface area contributed by atoms with Crippen LogP contribution in [0.4, 0.5) is 5.69 Å². The molecule has 3 aromatic rings. The predicted molar refractivity (Wildman–Crippen MR) is 91.5 cm³/mol. The van der Waals surface area contributed by atoms with Gasteiger partial charge in [-0.05, 0) is 36.6 Å². The molecule has 0 aliphatic heterocycles. The van der Waals surface area contributed by atoms with Crippen LogP contribution in [0.25, 0.3) is 21.8 Å². The third-order valence-electron chi connectivity index (χ3n) is 4.05. The summed E-state index contributed by atoms with van der Waals surface area (Å²) in [6, 6.07) is 14.7. The van der Waals surface area contributed by atoms with Gasteiger partial charge in [-0.2, -0.15) is 0 Å². The first-order chi connectivity index (χ1) is 10.3. The van der Waals surface area contributed by atoms with E-state index in [4.69, 9.17) is 10.7 Å². The van der Waals surface area contributed by atoms with Crippen molar-refractivity contribution in [3.8, 4) is 0 Å². The second kappa shape index (κ2) is 6.13. The van der Waals surface area contributed by atoms with Crippen LogP contribution < -0.4 is 5.73 Å². The van der Waals surface area contributed by atoms with Crippen LogP contribution in [0.3, 0.4) is 0 Å². The maximum atomic E-state index is 5.88. The number of nitrogens with two attached hydrogens (primary N) is 1. The molecule has 1 aromatic heterocycles. The molecular weight excluding hydrogens is 256 g/mol. The Bertz CT molecular complexity index is 762. The summed E-state index contributed by atoms with van der Waals surface area (Å²) in [5, 5.41) is 2.38. The number of unbranched alkanes of at least 4 members (excludes halogenated alkanes) is 3. The maximum Gasteiger partial charge on any atom is 0.0741 e. The molecule has 2 nitrogen and oxygen atoms in total. The summed E-state index contributed by atoms with van der Waals surface area (Å²) in [6.45, 7) is 2.25. The van der Waals surface area contributed by atoms with E-state index in [-0.39, 0.29) is 0 Å². The van der Waals surface area contributed by atoms with E-state index in [1.54, 1.807) is 0 Å². The molecule has 0 radical (unpaired) electrons. The van der Waals surface area contributed by atoms with E-state index in [1.165, 1.54) is 36.6 Å². The quantitative estimate of drug-likeness (QED) is 0.401. The third-order valence-corrected chi connectivity index (χ3v) is 4.05. The van der Waals surface area contributed by atoms with Crippen molar-refractivity contribution >= 4 is 27.5 Å². The van der Waals surface area contributed by atoms with E-state index in [0.717, 1.165) is 28.5 Å².